The van der Waals surface area contributed by atoms with E-state index in [0.717, 1.165) is 29.8 Å². The third-order valence-corrected chi connectivity index (χ3v) is 3.20. The average Bonchev–Trinajstić information content (AvgIpc) is 2.58. The number of rotatable bonds is 3. The first-order valence-electron chi connectivity index (χ1n) is 5.94. The molecule has 2 rings (SSSR count). The molecule has 2 N–H and O–H groups in total. The van der Waals surface area contributed by atoms with E-state index in [1.165, 1.54) is 6.07 Å². The van der Waals surface area contributed by atoms with Crippen LogP contribution in [0.4, 0.5) is 4.39 Å². The van der Waals surface area contributed by atoms with Crippen molar-refractivity contribution in [1.82, 2.24) is 15.3 Å². The molecule has 1 aromatic heterocycles. The summed E-state index contributed by atoms with van der Waals surface area (Å²) in [5.41, 5.74) is 1.62. The van der Waals surface area contributed by atoms with E-state index in [0.29, 0.717) is 4.47 Å². The van der Waals surface area contributed by atoms with Crippen molar-refractivity contribution in [3.63, 3.8) is 0 Å². The predicted octanol–water partition coefficient (Wildman–Crippen LogP) is 3.40. The number of hydrogen-bond acceptors (Lipinski definition) is 2. The van der Waals surface area contributed by atoms with Gasteiger partial charge >= 0.3 is 0 Å². The van der Waals surface area contributed by atoms with Crippen molar-refractivity contribution >= 4 is 27.0 Å². The number of halogens is 2. The molecule has 5 heteroatoms. The van der Waals surface area contributed by atoms with Crippen LogP contribution in [-0.4, -0.2) is 22.1 Å². The second kappa shape index (κ2) is 4.97. The first-order chi connectivity index (χ1) is 8.35. The van der Waals surface area contributed by atoms with Crippen molar-refractivity contribution in [2.75, 3.05) is 6.54 Å². The molecule has 98 valence electrons. The lowest BCUT2D eigenvalue weighted by Crippen LogP contribution is -2.37. The summed E-state index contributed by atoms with van der Waals surface area (Å²) in [6, 6.07) is 3.16. The van der Waals surface area contributed by atoms with Crippen LogP contribution < -0.4 is 5.32 Å². The number of nitrogens with zero attached hydrogens (tertiary/aromatic N) is 1. The molecule has 1 aromatic carbocycles. The van der Waals surface area contributed by atoms with Gasteiger partial charge in [0.2, 0.25) is 0 Å². The second-order valence-corrected chi connectivity index (χ2v) is 6.25. The summed E-state index contributed by atoms with van der Waals surface area (Å²) >= 11 is 3.16. The SMILES string of the molecule is CC(C)(C)NCCc1nc2cc(Br)c(F)cc2[nH]1. The third-order valence-electron chi connectivity index (χ3n) is 2.59. The zero-order valence-corrected chi connectivity index (χ0v) is 12.4. The number of fused-ring (bicyclic) bond motifs is 1. The Labute approximate surface area is 114 Å². The number of H-pyrrole nitrogens is 1. The van der Waals surface area contributed by atoms with Gasteiger partial charge < -0.3 is 10.3 Å². The Morgan fingerprint density at radius 3 is 2.78 bits per heavy atom. The monoisotopic (exact) mass is 313 g/mol. The summed E-state index contributed by atoms with van der Waals surface area (Å²) in [6.07, 6.45) is 0.797. The lowest BCUT2D eigenvalue weighted by Gasteiger charge is -2.19. The van der Waals surface area contributed by atoms with E-state index < -0.39 is 0 Å². The van der Waals surface area contributed by atoms with Gasteiger partial charge in [-0.1, -0.05) is 0 Å². The third kappa shape index (κ3) is 3.29. The van der Waals surface area contributed by atoms with Gasteiger partial charge in [0.05, 0.1) is 15.5 Å². The van der Waals surface area contributed by atoms with Gasteiger partial charge in [-0.15, -0.1) is 0 Å². The Morgan fingerprint density at radius 2 is 2.11 bits per heavy atom. The van der Waals surface area contributed by atoms with Crippen LogP contribution in [0.5, 0.6) is 0 Å². The molecule has 0 radical (unpaired) electrons. The first-order valence-corrected chi connectivity index (χ1v) is 6.73. The number of benzene rings is 1. The van der Waals surface area contributed by atoms with Crippen LogP contribution in [0.3, 0.4) is 0 Å². The van der Waals surface area contributed by atoms with Gasteiger partial charge in [0.25, 0.3) is 0 Å². The molecule has 0 amide bonds. The number of imidazole rings is 1. The minimum atomic E-state index is -0.273. The number of aromatic nitrogens is 2. The van der Waals surface area contributed by atoms with Gasteiger partial charge in [0, 0.05) is 24.6 Å². The number of aromatic amines is 1. The molecule has 0 spiro atoms. The molecule has 0 saturated carbocycles. The Balaban J connectivity index is 2.11. The molecule has 0 aliphatic heterocycles. The highest BCUT2D eigenvalue weighted by Gasteiger charge is 2.10. The van der Waals surface area contributed by atoms with E-state index in [2.05, 4.69) is 52.0 Å². The van der Waals surface area contributed by atoms with Gasteiger partial charge in [-0.25, -0.2) is 9.37 Å². The van der Waals surface area contributed by atoms with Crippen LogP contribution in [0.2, 0.25) is 0 Å². The maximum atomic E-state index is 13.4. The largest absolute Gasteiger partial charge is 0.342 e. The first kappa shape index (κ1) is 13.5. The Morgan fingerprint density at radius 1 is 1.39 bits per heavy atom. The van der Waals surface area contributed by atoms with E-state index in [-0.39, 0.29) is 11.4 Å². The van der Waals surface area contributed by atoms with Gasteiger partial charge in [0.15, 0.2) is 0 Å². The molecule has 0 aliphatic carbocycles. The van der Waals surface area contributed by atoms with Crippen LogP contribution in [0.1, 0.15) is 26.6 Å². The lowest BCUT2D eigenvalue weighted by atomic mass is 10.1. The van der Waals surface area contributed by atoms with Crippen molar-refractivity contribution < 1.29 is 4.39 Å². The summed E-state index contributed by atoms with van der Waals surface area (Å²) in [6.45, 7) is 7.21. The summed E-state index contributed by atoms with van der Waals surface area (Å²) < 4.78 is 13.8. The highest BCUT2D eigenvalue weighted by molar-refractivity contribution is 9.10. The van der Waals surface area contributed by atoms with Crippen LogP contribution in [0.15, 0.2) is 16.6 Å². The van der Waals surface area contributed by atoms with Crippen LogP contribution in [0.25, 0.3) is 11.0 Å². The zero-order valence-electron chi connectivity index (χ0n) is 10.8. The Kier molecular flexibility index (Phi) is 3.73. The summed E-state index contributed by atoms with van der Waals surface area (Å²) in [7, 11) is 0. The number of nitrogens with one attached hydrogen (secondary N) is 2. The van der Waals surface area contributed by atoms with Crippen molar-refractivity contribution in [3.05, 3.63) is 28.2 Å². The standard InChI is InChI=1S/C13H17BrFN3/c1-13(2,3)16-5-4-12-17-10-6-8(14)9(15)7-11(10)18-12/h6-7,16H,4-5H2,1-3H3,(H,17,18). The molecule has 0 saturated heterocycles. The van der Waals surface area contributed by atoms with E-state index in [9.17, 15) is 4.39 Å². The van der Waals surface area contributed by atoms with Crippen molar-refractivity contribution in [1.29, 1.82) is 0 Å². The molecule has 0 unspecified atom stereocenters. The number of hydrogen-bond donors (Lipinski definition) is 2. The molecular formula is C13H17BrFN3. The Hall–Kier alpha value is -0.940. The molecule has 2 aromatic rings. The van der Waals surface area contributed by atoms with Crippen LogP contribution in [0, 0.1) is 5.82 Å². The minimum absolute atomic E-state index is 0.0984. The highest BCUT2D eigenvalue weighted by atomic mass is 79.9. The maximum Gasteiger partial charge on any atom is 0.139 e. The quantitative estimate of drug-likeness (QED) is 0.912. The molecule has 0 fully saturated rings. The molecule has 0 atom stereocenters. The van der Waals surface area contributed by atoms with E-state index in [1.54, 1.807) is 6.07 Å². The summed E-state index contributed by atoms with van der Waals surface area (Å²) in [5.74, 6) is 0.602. The molecule has 0 bridgehead atoms. The summed E-state index contributed by atoms with van der Waals surface area (Å²) in [5, 5.41) is 3.39. The maximum absolute atomic E-state index is 13.4. The topological polar surface area (TPSA) is 40.7 Å². The molecule has 18 heavy (non-hydrogen) atoms. The zero-order chi connectivity index (χ0) is 13.3. The predicted molar refractivity (Wildman–Crippen MR) is 75.2 cm³/mol. The van der Waals surface area contributed by atoms with Gasteiger partial charge in [0.1, 0.15) is 11.6 Å². The van der Waals surface area contributed by atoms with Crippen molar-refractivity contribution in [3.8, 4) is 0 Å². The Bertz CT molecular complexity index is 518. The second-order valence-electron chi connectivity index (χ2n) is 5.39. The normalized spacial score (nSPS) is 12.3. The fourth-order valence-electron chi connectivity index (χ4n) is 1.73. The van der Waals surface area contributed by atoms with Crippen molar-refractivity contribution in [2.24, 2.45) is 0 Å². The molecule has 0 aliphatic rings. The fraction of sp³-hybridized carbons (Fsp3) is 0.462. The van der Waals surface area contributed by atoms with Gasteiger partial charge in [-0.2, -0.15) is 0 Å². The fourth-order valence-corrected chi connectivity index (χ4v) is 2.06. The van der Waals surface area contributed by atoms with Crippen molar-refractivity contribution in [2.45, 2.75) is 32.7 Å². The molecule has 3 nitrogen and oxygen atoms in total. The van der Waals surface area contributed by atoms with Gasteiger partial charge in [-0.05, 0) is 42.8 Å². The van der Waals surface area contributed by atoms with Gasteiger partial charge in [-0.3, -0.25) is 0 Å². The lowest BCUT2D eigenvalue weighted by molar-refractivity contribution is 0.428. The smallest absolute Gasteiger partial charge is 0.139 e. The summed E-state index contributed by atoms with van der Waals surface area (Å²) in [4.78, 5) is 7.58. The van der Waals surface area contributed by atoms with Crippen LogP contribution >= 0.6 is 15.9 Å². The van der Waals surface area contributed by atoms with E-state index in [1.807, 2.05) is 0 Å². The van der Waals surface area contributed by atoms with Crippen LogP contribution in [-0.2, 0) is 6.42 Å². The average molecular weight is 314 g/mol. The molecule has 1 heterocycles. The van der Waals surface area contributed by atoms with E-state index in [4.69, 9.17) is 0 Å². The minimum Gasteiger partial charge on any atom is -0.342 e. The highest BCUT2D eigenvalue weighted by Crippen LogP contribution is 2.21. The molecular weight excluding hydrogens is 297 g/mol. The van der Waals surface area contributed by atoms with E-state index >= 15 is 0 Å².